The van der Waals surface area contributed by atoms with Gasteiger partial charge in [-0.3, -0.25) is 4.79 Å². The van der Waals surface area contributed by atoms with Crippen molar-refractivity contribution in [1.82, 2.24) is 5.73 Å². The average Bonchev–Trinajstić information content (AvgIpc) is 2.11. The van der Waals surface area contributed by atoms with Gasteiger partial charge < -0.3 is 0 Å². The third-order valence-electron chi connectivity index (χ3n) is 1.59. The third kappa shape index (κ3) is 1.32. The molecule has 0 unspecified atom stereocenters. The topological polar surface area (TPSA) is 39.4 Å². The molecule has 0 bridgehead atoms. The zero-order valence-electron chi connectivity index (χ0n) is 6.87. The number of benzene rings is 1. The molecular formula is C8H3F4NO. The molecule has 1 rings (SSSR count). The molecule has 14 heavy (non-hydrogen) atoms. The Kier molecular flexibility index (Phi) is 2.46. The number of rotatable bonds is 1. The van der Waals surface area contributed by atoms with E-state index in [4.69, 9.17) is 5.73 Å². The van der Waals surface area contributed by atoms with Gasteiger partial charge in [-0.25, -0.2) is 17.6 Å². The van der Waals surface area contributed by atoms with E-state index in [9.17, 15) is 22.4 Å². The van der Waals surface area contributed by atoms with E-state index < -0.39 is 40.3 Å². The minimum atomic E-state index is -1.98. The van der Waals surface area contributed by atoms with Crippen molar-refractivity contribution >= 4 is 11.5 Å². The maximum absolute atomic E-state index is 12.8. The maximum atomic E-state index is 12.8. The monoisotopic (exact) mass is 205 g/mol. The average molecular weight is 205 g/mol. The van der Waals surface area contributed by atoms with Crippen LogP contribution >= 0.6 is 0 Å². The van der Waals surface area contributed by atoms with Gasteiger partial charge in [0.15, 0.2) is 34.7 Å². The molecule has 0 N–H and O–H groups in total. The van der Waals surface area contributed by atoms with Crippen molar-refractivity contribution in [2.45, 2.75) is 6.92 Å². The zero-order chi connectivity index (χ0) is 11.0. The first-order chi connectivity index (χ1) is 6.37. The van der Waals surface area contributed by atoms with Crippen LogP contribution in [0.5, 0.6) is 0 Å². The second kappa shape index (κ2) is 3.28. The van der Waals surface area contributed by atoms with Crippen LogP contribution in [0.4, 0.5) is 23.2 Å². The van der Waals surface area contributed by atoms with Gasteiger partial charge in [-0.15, -0.1) is 5.73 Å². The normalized spacial score (nSPS) is 10.4. The van der Waals surface area contributed by atoms with Crippen LogP contribution in [0.15, 0.2) is 0 Å². The second-order valence-corrected chi connectivity index (χ2v) is 2.54. The van der Waals surface area contributed by atoms with E-state index in [0.717, 1.165) is 6.92 Å². The Morgan fingerprint density at radius 2 is 1.36 bits per heavy atom. The van der Waals surface area contributed by atoms with Gasteiger partial charge in [-0.05, 0) is 6.92 Å². The summed E-state index contributed by atoms with van der Waals surface area (Å²) in [6, 6.07) is 0. The number of halogens is 4. The molecule has 0 amide bonds. The predicted octanol–water partition coefficient (Wildman–Crippen LogP) is 2.15. The summed E-state index contributed by atoms with van der Waals surface area (Å²) in [6.07, 6.45) is 0. The molecule has 0 aliphatic heterocycles. The van der Waals surface area contributed by atoms with Crippen molar-refractivity contribution in [2.24, 2.45) is 0 Å². The van der Waals surface area contributed by atoms with E-state index in [-0.39, 0.29) is 0 Å². The number of hydrogen-bond acceptors (Lipinski definition) is 1. The van der Waals surface area contributed by atoms with Gasteiger partial charge in [0.05, 0.1) is 5.56 Å². The summed E-state index contributed by atoms with van der Waals surface area (Å²) in [5.74, 6) is -8.91. The molecule has 0 saturated heterocycles. The van der Waals surface area contributed by atoms with Crippen molar-refractivity contribution in [3.05, 3.63) is 28.8 Å². The van der Waals surface area contributed by atoms with Crippen LogP contribution in [0.25, 0.3) is 0 Å². The Labute approximate surface area is 76.3 Å². The lowest BCUT2D eigenvalue weighted by Gasteiger charge is -2.04. The first-order valence-electron chi connectivity index (χ1n) is 3.43. The van der Waals surface area contributed by atoms with Gasteiger partial charge in [0, 0.05) is 0 Å². The lowest BCUT2D eigenvalue weighted by atomic mass is 10.1. The zero-order valence-corrected chi connectivity index (χ0v) is 6.87. The highest BCUT2D eigenvalue weighted by Crippen LogP contribution is 2.26. The Morgan fingerprint density at radius 3 is 1.64 bits per heavy atom. The van der Waals surface area contributed by atoms with E-state index in [1.807, 2.05) is 0 Å². The van der Waals surface area contributed by atoms with Gasteiger partial charge >= 0.3 is 0 Å². The van der Waals surface area contributed by atoms with E-state index in [0.29, 0.717) is 0 Å². The highest BCUT2D eigenvalue weighted by atomic mass is 19.2. The van der Waals surface area contributed by atoms with Crippen LogP contribution in [-0.2, 0) is 0 Å². The summed E-state index contributed by atoms with van der Waals surface area (Å²) in [6.45, 7) is 0.747. The Bertz CT molecular complexity index is 387. The number of hydrogen-bond donors (Lipinski definition) is 0. The molecule has 0 aliphatic carbocycles. The Morgan fingerprint density at radius 1 is 1.00 bits per heavy atom. The molecule has 0 saturated carbocycles. The van der Waals surface area contributed by atoms with Crippen LogP contribution in [0.3, 0.4) is 0 Å². The molecule has 2 nitrogen and oxygen atoms in total. The molecule has 2 radical (unpaired) electrons. The van der Waals surface area contributed by atoms with Crippen molar-refractivity contribution in [3.8, 4) is 0 Å². The van der Waals surface area contributed by atoms with Gasteiger partial charge in [-0.1, -0.05) is 0 Å². The molecule has 1 aromatic rings. The quantitative estimate of drug-likeness (QED) is 0.393. The summed E-state index contributed by atoms with van der Waals surface area (Å²) in [7, 11) is 0. The van der Waals surface area contributed by atoms with Crippen molar-refractivity contribution < 1.29 is 22.4 Å². The van der Waals surface area contributed by atoms with E-state index in [2.05, 4.69) is 0 Å². The van der Waals surface area contributed by atoms with Crippen molar-refractivity contribution in [1.29, 1.82) is 0 Å². The minimum Gasteiger partial charge on any atom is -0.294 e. The van der Waals surface area contributed by atoms with Crippen LogP contribution in [0.1, 0.15) is 17.3 Å². The second-order valence-electron chi connectivity index (χ2n) is 2.54. The summed E-state index contributed by atoms with van der Waals surface area (Å²) < 4.78 is 50.8. The molecule has 6 heteroatoms. The molecule has 1 aromatic carbocycles. The molecule has 0 fully saturated rings. The van der Waals surface area contributed by atoms with E-state index >= 15 is 0 Å². The van der Waals surface area contributed by atoms with E-state index in [1.165, 1.54) is 0 Å². The van der Waals surface area contributed by atoms with Crippen molar-refractivity contribution in [2.75, 3.05) is 0 Å². The first kappa shape index (κ1) is 10.5. The highest BCUT2D eigenvalue weighted by Gasteiger charge is 2.26. The number of ketones is 1. The largest absolute Gasteiger partial charge is 0.294 e. The first-order valence-corrected chi connectivity index (χ1v) is 3.43. The fourth-order valence-corrected chi connectivity index (χ4v) is 0.929. The number of Topliss-reactive ketones (excluding diaryl/α,β-unsaturated/α-hetero) is 1. The molecule has 0 aromatic heterocycles. The van der Waals surface area contributed by atoms with E-state index in [1.54, 1.807) is 0 Å². The van der Waals surface area contributed by atoms with Gasteiger partial charge in [-0.2, -0.15) is 0 Å². The van der Waals surface area contributed by atoms with Crippen LogP contribution in [0, 0.1) is 23.3 Å². The number of carbonyl (C=O) groups is 1. The highest BCUT2D eigenvalue weighted by molar-refractivity contribution is 5.95. The third-order valence-corrected chi connectivity index (χ3v) is 1.59. The summed E-state index contributed by atoms with van der Waals surface area (Å²) in [5, 5.41) is 0. The molecular weight excluding hydrogens is 202 g/mol. The lowest BCUT2D eigenvalue weighted by molar-refractivity contribution is 0.100. The number of nitrogens with zero attached hydrogens (tertiary/aromatic N) is 1. The maximum Gasteiger partial charge on any atom is 0.190 e. The van der Waals surface area contributed by atoms with Crippen molar-refractivity contribution in [3.63, 3.8) is 0 Å². The smallest absolute Gasteiger partial charge is 0.190 e. The predicted molar refractivity (Wildman–Crippen MR) is 38.1 cm³/mol. The SMILES string of the molecule is CC(=O)c1c(F)c(F)c([N])c(F)c1F. The Hall–Kier alpha value is -1.59. The van der Waals surface area contributed by atoms with Gasteiger partial charge in [0.25, 0.3) is 0 Å². The standard InChI is InChI=1S/C8H3F4NO/c1-2(14)3-4(9)6(11)8(13)7(12)5(3)10/h1H3. The lowest BCUT2D eigenvalue weighted by Crippen LogP contribution is -2.08. The summed E-state index contributed by atoms with van der Waals surface area (Å²) >= 11 is 0. The minimum absolute atomic E-state index is 0.747. The fraction of sp³-hybridized carbons (Fsp3) is 0.125. The molecule has 74 valence electrons. The molecule has 0 atom stereocenters. The van der Waals surface area contributed by atoms with Crippen LogP contribution in [-0.4, -0.2) is 5.78 Å². The summed E-state index contributed by atoms with van der Waals surface area (Å²) in [5.41, 5.74) is 5.42. The van der Waals surface area contributed by atoms with Crippen LogP contribution in [0.2, 0.25) is 0 Å². The molecule has 0 aliphatic rings. The fourth-order valence-electron chi connectivity index (χ4n) is 0.929. The number of carbonyl (C=O) groups excluding carboxylic acids is 1. The molecule has 0 spiro atoms. The Balaban J connectivity index is 3.68. The summed E-state index contributed by atoms with van der Waals surface area (Å²) in [4.78, 5) is 10.6. The van der Waals surface area contributed by atoms with Crippen LogP contribution < -0.4 is 5.73 Å². The van der Waals surface area contributed by atoms with Gasteiger partial charge in [0.1, 0.15) is 0 Å². The van der Waals surface area contributed by atoms with Gasteiger partial charge in [0.2, 0.25) is 0 Å². The molecule has 0 heterocycles.